The number of fused-ring (bicyclic) bond motifs is 6. The number of benzene rings is 8. The van der Waals surface area contributed by atoms with Crippen LogP contribution in [0, 0.1) is 0 Å². The first-order valence-corrected chi connectivity index (χ1v) is 19.7. The number of nitrogens with zero attached hydrogens (tertiary/aromatic N) is 3. The largest absolute Gasteiger partial charge is 0.309 e. The van der Waals surface area contributed by atoms with Crippen LogP contribution in [-0.4, -0.2) is 14.5 Å². The van der Waals surface area contributed by atoms with Crippen molar-refractivity contribution in [3.63, 3.8) is 0 Å². The minimum Gasteiger partial charge on any atom is -0.309 e. The molecule has 0 bridgehead atoms. The lowest BCUT2D eigenvalue weighted by molar-refractivity contribution is 1.18. The zero-order valence-corrected chi connectivity index (χ0v) is 31.1. The fraction of sp³-hybridized carbons (Fsp3) is 0. The van der Waals surface area contributed by atoms with Crippen molar-refractivity contribution in [1.82, 2.24) is 14.5 Å². The van der Waals surface area contributed by atoms with Gasteiger partial charge in [0.15, 0.2) is 5.82 Å². The lowest BCUT2D eigenvalue weighted by atomic mass is 10.0. The van der Waals surface area contributed by atoms with Crippen LogP contribution in [0.15, 0.2) is 200 Å². The van der Waals surface area contributed by atoms with Crippen LogP contribution in [0.25, 0.3) is 104 Å². The SMILES string of the molecule is c1ccc(-c2ccc(-c3cc(-c4ccccc4)nc(-c4cccc5c4c4ccccc4n5-c4ccc5sc6ccc(-c7ccccc7)cc6c5c4)n3)cc2)cc1. The zero-order valence-electron chi connectivity index (χ0n) is 30.3. The molecule has 0 N–H and O–H groups in total. The lowest BCUT2D eigenvalue weighted by Gasteiger charge is -2.12. The molecule has 4 heteroatoms. The van der Waals surface area contributed by atoms with Crippen molar-refractivity contribution < 1.29 is 0 Å². The first kappa shape index (κ1) is 32.3. The van der Waals surface area contributed by atoms with Crippen molar-refractivity contribution in [3.8, 4) is 61.8 Å². The number of para-hydroxylation sites is 1. The third-order valence-corrected chi connectivity index (χ3v) is 12.0. The first-order valence-electron chi connectivity index (χ1n) is 18.9. The Morgan fingerprint density at radius 2 is 0.875 bits per heavy atom. The Balaban J connectivity index is 1.10. The van der Waals surface area contributed by atoms with Gasteiger partial charge in [0.1, 0.15) is 0 Å². The molecule has 0 radical (unpaired) electrons. The highest BCUT2D eigenvalue weighted by Crippen LogP contribution is 2.42. The van der Waals surface area contributed by atoms with Gasteiger partial charge in [-0.1, -0.05) is 152 Å². The molecule has 3 nitrogen and oxygen atoms in total. The van der Waals surface area contributed by atoms with Crippen LogP contribution >= 0.6 is 11.3 Å². The normalized spacial score (nSPS) is 11.6. The molecule has 0 atom stereocenters. The maximum atomic E-state index is 5.32. The quantitative estimate of drug-likeness (QED) is 0.170. The van der Waals surface area contributed by atoms with Crippen LogP contribution in [-0.2, 0) is 0 Å². The standard InChI is InChI=1S/C52H33N3S/c1-4-13-34(14-5-1)36-23-25-38(26-24-36)46-33-45(37-17-8-3-9-18-37)53-52(54-46)42-20-12-22-48-51(42)41-19-10-11-21-47(41)55(48)40-28-30-50-44(32-40)43-31-39(27-29-49(43)56-50)35-15-6-2-7-16-35/h1-33H. The summed E-state index contributed by atoms with van der Waals surface area (Å²) in [5.41, 5.74) is 13.1. The molecule has 0 amide bonds. The number of hydrogen-bond donors (Lipinski definition) is 0. The maximum absolute atomic E-state index is 5.32. The molecule has 11 rings (SSSR count). The van der Waals surface area contributed by atoms with Crippen molar-refractivity contribution >= 4 is 53.3 Å². The highest BCUT2D eigenvalue weighted by molar-refractivity contribution is 7.25. The third kappa shape index (κ3) is 5.50. The second kappa shape index (κ2) is 13.3. The molecule has 262 valence electrons. The maximum Gasteiger partial charge on any atom is 0.161 e. The molecule has 8 aromatic carbocycles. The van der Waals surface area contributed by atoms with Crippen molar-refractivity contribution in [2.75, 3.05) is 0 Å². The topological polar surface area (TPSA) is 30.7 Å². The summed E-state index contributed by atoms with van der Waals surface area (Å²) in [7, 11) is 0. The van der Waals surface area contributed by atoms with Crippen molar-refractivity contribution in [2.24, 2.45) is 0 Å². The summed E-state index contributed by atoms with van der Waals surface area (Å²) in [5.74, 6) is 0.703. The molecular formula is C52H33N3S. The van der Waals surface area contributed by atoms with E-state index >= 15 is 0 Å². The van der Waals surface area contributed by atoms with E-state index in [1.807, 2.05) is 17.4 Å². The highest BCUT2D eigenvalue weighted by Gasteiger charge is 2.20. The number of thiophene rings is 1. The monoisotopic (exact) mass is 731 g/mol. The molecule has 0 aliphatic heterocycles. The van der Waals surface area contributed by atoms with Gasteiger partial charge in [-0.25, -0.2) is 9.97 Å². The van der Waals surface area contributed by atoms with Gasteiger partial charge in [-0.3, -0.25) is 0 Å². The van der Waals surface area contributed by atoms with Gasteiger partial charge >= 0.3 is 0 Å². The van der Waals surface area contributed by atoms with E-state index in [-0.39, 0.29) is 0 Å². The molecule has 56 heavy (non-hydrogen) atoms. The second-order valence-electron chi connectivity index (χ2n) is 14.2. The molecule has 0 aliphatic rings. The average Bonchev–Trinajstić information content (AvgIpc) is 3.82. The Morgan fingerprint density at radius 1 is 0.357 bits per heavy atom. The second-order valence-corrected chi connectivity index (χ2v) is 15.3. The van der Waals surface area contributed by atoms with Gasteiger partial charge in [0.2, 0.25) is 0 Å². The summed E-state index contributed by atoms with van der Waals surface area (Å²) in [4.78, 5) is 10.6. The van der Waals surface area contributed by atoms with Gasteiger partial charge < -0.3 is 4.57 Å². The predicted octanol–water partition coefficient (Wildman–Crippen LogP) is 14.3. The molecule has 0 aliphatic carbocycles. The Bertz CT molecular complexity index is 3220. The molecule has 3 heterocycles. The highest BCUT2D eigenvalue weighted by atomic mass is 32.1. The van der Waals surface area contributed by atoms with Gasteiger partial charge in [0.25, 0.3) is 0 Å². The summed E-state index contributed by atoms with van der Waals surface area (Å²) < 4.78 is 4.98. The summed E-state index contributed by atoms with van der Waals surface area (Å²) in [6.45, 7) is 0. The number of rotatable bonds is 6. The van der Waals surface area contributed by atoms with Gasteiger partial charge in [-0.15, -0.1) is 11.3 Å². The van der Waals surface area contributed by atoms with E-state index in [9.17, 15) is 0 Å². The Hall–Kier alpha value is -7.14. The van der Waals surface area contributed by atoms with Crippen LogP contribution in [0.3, 0.4) is 0 Å². The Morgan fingerprint density at radius 3 is 1.59 bits per heavy atom. The van der Waals surface area contributed by atoms with E-state index in [4.69, 9.17) is 9.97 Å². The van der Waals surface area contributed by atoms with E-state index < -0.39 is 0 Å². The van der Waals surface area contributed by atoms with Crippen molar-refractivity contribution in [2.45, 2.75) is 0 Å². The van der Waals surface area contributed by atoms with Gasteiger partial charge in [0.05, 0.1) is 22.4 Å². The van der Waals surface area contributed by atoms with Crippen LogP contribution in [0.4, 0.5) is 0 Å². The average molecular weight is 732 g/mol. The Kier molecular flexibility index (Phi) is 7.68. The van der Waals surface area contributed by atoms with E-state index in [2.05, 4.69) is 199 Å². The summed E-state index contributed by atoms with van der Waals surface area (Å²) in [5, 5.41) is 4.86. The minimum atomic E-state index is 0.703. The summed E-state index contributed by atoms with van der Waals surface area (Å²) in [6, 6.07) is 71.4. The molecule has 0 saturated carbocycles. The molecule has 11 aromatic rings. The zero-order chi connectivity index (χ0) is 37.0. The smallest absolute Gasteiger partial charge is 0.161 e. The number of aromatic nitrogens is 3. The van der Waals surface area contributed by atoms with Gasteiger partial charge in [-0.05, 0) is 70.8 Å². The molecule has 3 aromatic heterocycles. The van der Waals surface area contributed by atoms with Crippen LogP contribution in [0.2, 0.25) is 0 Å². The molecule has 0 fully saturated rings. The molecule has 0 saturated heterocycles. The van der Waals surface area contributed by atoms with E-state index in [0.29, 0.717) is 5.82 Å². The summed E-state index contributed by atoms with van der Waals surface area (Å²) >= 11 is 1.85. The predicted molar refractivity (Wildman–Crippen MR) is 236 cm³/mol. The Labute approximate surface area is 328 Å². The first-order chi connectivity index (χ1) is 27.7. The molecule has 0 unspecified atom stereocenters. The molecule has 0 spiro atoms. The third-order valence-electron chi connectivity index (χ3n) is 10.8. The minimum absolute atomic E-state index is 0.703. The van der Waals surface area contributed by atoms with Crippen LogP contribution in [0.1, 0.15) is 0 Å². The van der Waals surface area contributed by atoms with Gasteiger partial charge in [-0.2, -0.15) is 0 Å². The number of hydrogen-bond acceptors (Lipinski definition) is 3. The van der Waals surface area contributed by atoms with Crippen molar-refractivity contribution in [3.05, 3.63) is 200 Å². The van der Waals surface area contributed by atoms with Crippen molar-refractivity contribution in [1.29, 1.82) is 0 Å². The fourth-order valence-electron chi connectivity index (χ4n) is 8.13. The van der Waals surface area contributed by atoms with E-state index in [0.717, 1.165) is 50.2 Å². The van der Waals surface area contributed by atoms with E-state index in [1.54, 1.807) is 0 Å². The van der Waals surface area contributed by atoms with Crippen LogP contribution in [0.5, 0.6) is 0 Å². The van der Waals surface area contributed by atoms with Crippen LogP contribution < -0.4 is 0 Å². The molecular weight excluding hydrogens is 699 g/mol. The fourth-order valence-corrected chi connectivity index (χ4v) is 9.20. The summed E-state index contributed by atoms with van der Waals surface area (Å²) in [6.07, 6.45) is 0. The lowest BCUT2D eigenvalue weighted by Crippen LogP contribution is -1.97. The van der Waals surface area contributed by atoms with E-state index in [1.165, 1.54) is 47.8 Å². The van der Waals surface area contributed by atoms with Gasteiger partial charge in [0, 0.05) is 53.3 Å².